The number of para-hydroxylation sites is 1. The van der Waals surface area contributed by atoms with E-state index in [1.807, 2.05) is 0 Å². The molecule has 3 nitrogen and oxygen atoms in total. The molecule has 1 saturated heterocycles. The van der Waals surface area contributed by atoms with Crippen molar-refractivity contribution in [2.45, 2.75) is 26.3 Å². The summed E-state index contributed by atoms with van der Waals surface area (Å²) in [6.07, 6.45) is 0.971. The van der Waals surface area contributed by atoms with Gasteiger partial charge in [0, 0.05) is 31.4 Å². The quantitative estimate of drug-likeness (QED) is 0.879. The van der Waals surface area contributed by atoms with Crippen LogP contribution >= 0.6 is 0 Å². The molecule has 18 heavy (non-hydrogen) atoms. The number of piperazine rings is 1. The number of nitrogens with zero attached hydrogens (tertiary/aromatic N) is 2. The minimum atomic E-state index is 0.634. The highest BCUT2D eigenvalue weighted by atomic mass is 15.3. The van der Waals surface area contributed by atoms with Crippen LogP contribution in [0.1, 0.15) is 19.4 Å². The Balaban J connectivity index is 2.12. The van der Waals surface area contributed by atoms with E-state index in [1.165, 1.54) is 11.3 Å². The van der Waals surface area contributed by atoms with E-state index in [2.05, 4.69) is 47.9 Å². The molecule has 1 atom stereocenters. The van der Waals surface area contributed by atoms with Crippen molar-refractivity contribution in [1.82, 2.24) is 4.90 Å². The fourth-order valence-corrected chi connectivity index (χ4v) is 2.87. The first-order valence-electron chi connectivity index (χ1n) is 7.03. The van der Waals surface area contributed by atoms with Gasteiger partial charge in [0.2, 0.25) is 0 Å². The van der Waals surface area contributed by atoms with Crippen LogP contribution in [0.25, 0.3) is 0 Å². The lowest BCUT2D eigenvalue weighted by Crippen LogP contribution is -2.52. The summed E-state index contributed by atoms with van der Waals surface area (Å²) >= 11 is 0. The molecule has 0 amide bonds. The molecule has 1 aromatic carbocycles. The average molecular weight is 247 g/mol. The van der Waals surface area contributed by atoms with Gasteiger partial charge in [0.1, 0.15) is 0 Å². The molecule has 0 aromatic heterocycles. The Kier molecular flexibility index (Phi) is 4.61. The summed E-state index contributed by atoms with van der Waals surface area (Å²) in [5.41, 5.74) is 8.47. The van der Waals surface area contributed by atoms with Crippen LogP contribution in [-0.2, 0) is 6.42 Å². The van der Waals surface area contributed by atoms with Crippen LogP contribution in [0.5, 0.6) is 0 Å². The Labute approximate surface area is 111 Å². The monoisotopic (exact) mass is 247 g/mol. The molecular formula is C15H25N3. The van der Waals surface area contributed by atoms with Crippen molar-refractivity contribution in [1.29, 1.82) is 0 Å². The molecular weight excluding hydrogens is 222 g/mol. The lowest BCUT2D eigenvalue weighted by Gasteiger charge is -2.41. The van der Waals surface area contributed by atoms with Crippen LogP contribution in [0.4, 0.5) is 5.69 Å². The lowest BCUT2D eigenvalue weighted by atomic mass is 10.1. The second-order valence-corrected chi connectivity index (χ2v) is 5.09. The molecule has 0 radical (unpaired) electrons. The minimum Gasteiger partial charge on any atom is -0.368 e. The van der Waals surface area contributed by atoms with Gasteiger partial charge in [-0.2, -0.15) is 0 Å². The third-order valence-corrected chi connectivity index (χ3v) is 3.92. The molecule has 0 aliphatic carbocycles. The predicted octanol–water partition coefficient (Wildman–Crippen LogP) is 1.72. The van der Waals surface area contributed by atoms with Crippen LogP contribution in [0.3, 0.4) is 0 Å². The second-order valence-electron chi connectivity index (χ2n) is 5.09. The number of nitrogens with two attached hydrogens (primary N) is 1. The maximum absolute atomic E-state index is 5.70. The molecule has 1 aliphatic heterocycles. The molecule has 2 N–H and O–H groups in total. The Bertz CT molecular complexity index is 378. The van der Waals surface area contributed by atoms with Crippen LogP contribution < -0.4 is 10.6 Å². The fraction of sp³-hybridized carbons (Fsp3) is 0.600. The van der Waals surface area contributed by atoms with Crippen molar-refractivity contribution in [3.63, 3.8) is 0 Å². The average Bonchev–Trinajstić information content (AvgIpc) is 2.40. The zero-order chi connectivity index (χ0) is 13.0. The summed E-state index contributed by atoms with van der Waals surface area (Å²) in [5.74, 6) is 0. The molecule has 3 heteroatoms. The molecule has 0 bridgehead atoms. The Morgan fingerprint density at radius 1 is 1.28 bits per heavy atom. The number of likely N-dealkylation sites (N-methyl/N-ethyl adjacent to an activating group) is 1. The van der Waals surface area contributed by atoms with E-state index in [0.29, 0.717) is 6.04 Å². The van der Waals surface area contributed by atoms with Gasteiger partial charge in [-0.15, -0.1) is 0 Å². The van der Waals surface area contributed by atoms with E-state index < -0.39 is 0 Å². The van der Waals surface area contributed by atoms with Gasteiger partial charge in [0.05, 0.1) is 0 Å². The summed E-state index contributed by atoms with van der Waals surface area (Å²) in [7, 11) is 0. The standard InChI is InChI=1S/C15H25N3/c1-3-17-10-11-18(12-13(17)2)15-7-5-4-6-14(15)8-9-16/h4-7,13H,3,8-12,16H2,1-2H3. The molecule has 1 heterocycles. The zero-order valence-corrected chi connectivity index (χ0v) is 11.6. The zero-order valence-electron chi connectivity index (χ0n) is 11.6. The van der Waals surface area contributed by atoms with E-state index in [-0.39, 0.29) is 0 Å². The maximum Gasteiger partial charge on any atom is 0.0400 e. The Morgan fingerprint density at radius 2 is 2.06 bits per heavy atom. The van der Waals surface area contributed by atoms with Crippen molar-refractivity contribution in [2.24, 2.45) is 5.73 Å². The van der Waals surface area contributed by atoms with Gasteiger partial charge in [0.25, 0.3) is 0 Å². The van der Waals surface area contributed by atoms with Gasteiger partial charge in [0.15, 0.2) is 0 Å². The second kappa shape index (κ2) is 6.21. The molecule has 1 fully saturated rings. The Morgan fingerprint density at radius 3 is 2.72 bits per heavy atom. The smallest absolute Gasteiger partial charge is 0.0400 e. The molecule has 1 unspecified atom stereocenters. The van der Waals surface area contributed by atoms with Gasteiger partial charge in [-0.1, -0.05) is 25.1 Å². The highest BCUT2D eigenvalue weighted by molar-refractivity contribution is 5.54. The third kappa shape index (κ3) is 2.85. The first-order chi connectivity index (χ1) is 8.76. The maximum atomic E-state index is 5.70. The van der Waals surface area contributed by atoms with Crippen LogP contribution in [-0.4, -0.2) is 43.7 Å². The lowest BCUT2D eigenvalue weighted by molar-refractivity contribution is 0.199. The highest BCUT2D eigenvalue weighted by Gasteiger charge is 2.23. The van der Waals surface area contributed by atoms with Gasteiger partial charge in [-0.05, 0) is 38.1 Å². The number of anilines is 1. The minimum absolute atomic E-state index is 0.634. The van der Waals surface area contributed by atoms with Gasteiger partial charge in [-0.25, -0.2) is 0 Å². The summed E-state index contributed by atoms with van der Waals surface area (Å²) in [4.78, 5) is 5.06. The number of hydrogen-bond donors (Lipinski definition) is 1. The molecule has 0 spiro atoms. The van der Waals surface area contributed by atoms with Gasteiger partial charge < -0.3 is 10.6 Å². The largest absolute Gasteiger partial charge is 0.368 e. The number of rotatable bonds is 4. The third-order valence-electron chi connectivity index (χ3n) is 3.92. The van der Waals surface area contributed by atoms with Crippen LogP contribution in [0.2, 0.25) is 0 Å². The van der Waals surface area contributed by atoms with Crippen LogP contribution in [0.15, 0.2) is 24.3 Å². The molecule has 1 aromatic rings. The van der Waals surface area contributed by atoms with E-state index in [9.17, 15) is 0 Å². The predicted molar refractivity (Wildman–Crippen MR) is 78.1 cm³/mol. The van der Waals surface area contributed by atoms with Crippen LogP contribution in [0, 0.1) is 0 Å². The SMILES string of the molecule is CCN1CCN(c2ccccc2CCN)CC1C. The Hall–Kier alpha value is -1.06. The van der Waals surface area contributed by atoms with Gasteiger partial charge >= 0.3 is 0 Å². The van der Waals surface area contributed by atoms with Crippen molar-refractivity contribution in [3.05, 3.63) is 29.8 Å². The van der Waals surface area contributed by atoms with Crippen molar-refractivity contribution < 1.29 is 0 Å². The summed E-state index contributed by atoms with van der Waals surface area (Å²) < 4.78 is 0. The summed E-state index contributed by atoms with van der Waals surface area (Å²) in [5, 5.41) is 0. The first-order valence-corrected chi connectivity index (χ1v) is 7.03. The van der Waals surface area contributed by atoms with E-state index >= 15 is 0 Å². The molecule has 2 rings (SSSR count). The summed E-state index contributed by atoms with van der Waals surface area (Å²) in [6.45, 7) is 9.85. The van der Waals surface area contributed by atoms with Gasteiger partial charge in [-0.3, -0.25) is 4.90 Å². The molecule has 1 aliphatic rings. The van der Waals surface area contributed by atoms with E-state index in [0.717, 1.165) is 39.1 Å². The van der Waals surface area contributed by atoms with Crippen molar-refractivity contribution >= 4 is 5.69 Å². The number of benzene rings is 1. The van der Waals surface area contributed by atoms with E-state index in [1.54, 1.807) is 0 Å². The highest BCUT2D eigenvalue weighted by Crippen LogP contribution is 2.23. The topological polar surface area (TPSA) is 32.5 Å². The van der Waals surface area contributed by atoms with Crippen molar-refractivity contribution in [3.8, 4) is 0 Å². The van der Waals surface area contributed by atoms with Crippen molar-refractivity contribution in [2.75, 3.05) is 37.6 Å². The van der Waals surface area contributed by atoms with E-state index in [4.69, 9.17) is 5.73 Å². The molecule has 100 valence electrons. The fourth-order valence-electron chi connectivity index (χ4n) is 2.87. The summed E-state index contributed by atoms with van der Waals surface area (Å²) in [6, 6.07) is 9.32. The normalized spacial score (nSPS) is 21.3. The molecule has 0 saturated carbocycles. The number of hydrogen-bond acceptors (Lipinski definition) is 3. The first kappa shape index (κ1) is 13.4.